The van der Waals surface area contributed by atoms with Gasteiger partial charge in [-0.3, -0.25) is 14.5 Å². The zero-order valence-electron chi connectivity index (χ0n) is 20.2. The number of aryl methyl sites for hydroxylation is 3. The van der Waals surface area contributed by atoms with Gasteiger partial charge in [0.2, 0.25) is 5.91 Å². The highest BCUT2D eigenvalue weighted by molar-refractivity contribution is 7.09. The maximum atomic E-state index is 13.4. The first-order valence-electron chi connectivity index (χ1n) is 11.9. The van der Waals surface area contributed by atoms with Gasteiger partial charge in [-0.1, -0.05) is 39.0 Å². The lowest BCUT2D eigenvalue weighted by molar-refractivity contribution is -0.125. The molecule has 34 heavy (non-hydrogen) atoms. The third-order valence-corrected chi connectivity index (χ3v) is 7.07. The van der Waals surface area contributed by atoms with E-state index in [0.29, 0.717) is 11.4 Å². The summed E-state index contributed by atoms with van der Waals surface area (Å²) in [7, 11) is 0. The van der Waals surface area contributed by atoms with Crippen molar-refractivity contribution in [2.45, 2.75) is 59.4 Å². The third-order valence-electron chi connectivity index (χ3n) is 6.16. The number of carbonyl (C=O) groups is 2. The van der Waals surface area contributed by atoms with E-state index < -0.39 is 6.04 Å². The lowest BCUT2D eigenvalue weighted by Crippen LogP contribution is -2.49. The van der Waals surface area contributed by atoms with E-state index in [2.05, 4.69) is 26.1 Å². The van der Waals surface area contributed by atoms with Gasteiger partial charge in [0.25, 0.3) is 5.91 Å². The molecule has 0 bridgehead atoms. The van der Waals surface area contributed by atoms with Crippen LogP contribution in [0.15, 0.2) is 41.8 Å². The number of nitrogens with zero attached hydrogens (tertiary/aromatic N) is 2. The summed E-state index contributed by atoms with van der Waals surface area (Å²) in [5, 5.41) is 6.23. The molecule has 2 aromatic carbocycles. The highest BCUT2D eigenvalue weighted by Gasteiger charge is 2.34. The summed E-state index contributed by atoms with van der Waals surface area (Å²) in [5.74, 6) is 0.132. The van der Waals surface area contributed by atoms with Crippen LogP contribution in [-0.4, -0.2) is 29.4 Å². The Morgan fingerprint density at radius 2 is 1.91 bits per heavy atom. The van der Waals surface area contributed by atoms with Gasteiger partial charge in [0.15, 0.2) is 6.61 Å². The summed E-state index contributed by atoms with van der Waals surface area (Å²) in [6.07, 6.45) is 3.61. The van der Waals surface area contributed by atoms with Crippen LogP contribution < -0.4 is 15.0 Å². The molecule has 178 valence electrons. The van der Waals surface area contributed by atoms with Crippen molar-refractivity contribution < 1.29 is 14.3 Å². The Morgan fingerprint density at radius 1 is 1.18 bits per heavy atom. The Labute approximate surface area is 205 Å². The predicted molar refractivity (Wildman–Crippen MR) is 138 cm³/mol. The second kappa shape index (κ2) is 10.4. The number of fused-ring (bicyclic) bond motifs is 1. The second-order valence-corrected chi connectivity index (χ2v) is 9.38. The van der Waals surface area contributed by atoms with Gasteiger partial charge in [0.1, 0.15) is 11.8 Å². The SMILES string of the molecule is CCCc1nc(-c2ccc3c(c2)N(C(C)C(=O)Nc2c(CC)cccc2CC)C(=O)CO3)cs1. The normalized spacial score (nSPS) is 13.9. The zero-order chi connectivity index (χ0) is 24.2. The maximum Gasteiger partial charge on any atom is 0.265 e. The number of rotatable bonds is 8. The Kier molecular flexibility index (Phi) is 7.32. The van der Waals surface area contributed by atoms with Crippen LogP contribution in [0.5, 0.6) is 5.75 Å². The topological polar surface area (TPSA) is 71.5 Å². The molecule has 0 spiro atoms. The summed E-state index contributed by atoms with van der Waals surface area (Å²) >= 11 is 1.64. The fraction of sp³-hybridized carbons (Fsp3) is 0.370. The van der Waals surface area contributed by atoms with Crippen molar-refractivity contribution in [1.29, 1.82) is 0 Å². The van der Waals surface area contributed by atoms with Gasteiger partial charge >= 0.3 is 0 Å². The molecule has 1 N–H and O–H groups in total. The molecule has 1 aliphatic rings. The first-order chi connectivity index (χ1) is 16.5. The number of hydrogen-bond donors (Lipinski definition) is 1. The van der Waals surface area contributed by atoms with E-state index in [0.717, 1.165) is 58.8 Å². The first kappa shape index (κ1) is 24.0. The molecular formula is C27H31N3O3S. The van der Waals surface area contributed by atoms with Crippen molar-refractivity contribution in [3.63, 3.8) is 0 Å². The average molecular weight is 478 g/mol. The van der Waals surface area contributed by atoms with Crippen LogP contribution >= 0.6 is 11.3 Å². The number of aromatic nitrogens is 1. The fourth-order valence-corrected chi connectivity index (χ4v) is 5.18. The van der Waals surface area contributed by atoms with Crippen LogP contribution in [0.3, 0.4) is 0 Å². The number of carbonyl (C=O) groups excluding carboxylic acids is 2. The molecule has 0 aliphatic carbocycles. The van der Waals surface area contributed by atoms with Crippen molar-refractivity contribution in [2.24, 2.45) is 0 Å². The smallest absolute Gasteiger partial charge is 0.265 e. The molecule has 1 aliphatic heterocycles. The number of nitrogens with one attached hydrogen (secondary N) is 1. The summed E-state index contributed by atoms with van der Waals surface area (Å²) in [5.41, 5.74) is 5.39. The van der Waals surface area contributed by atoms with Crippen molar-refractivity contribution in [1.82, 2.24) is 4.98 Å². The molecule has 6 nitrogen and oxygen atoms in total. The van der Waals surface area contributed by atoms with Gasteiger partial charge in [0, 0.05) is 16.6 Å². The number of thiazole rings is 1. The lowest BCUT2D eigenvalue weighted by Gasteiger charge is -2.33. The Balaban J connectivity index is 1.65. The number of benzene rings is 2. The molecule has 0 radical (unpaired) electrons. The molecular weight excluding hydrogens is 446 g/mol. The fourth-order valence-electron chi connectivity index (χ4n) is 4.28. The van der Waals surface area contributed by atoms with Crippen LogP contribution in [0.1, 0.15) is 50.3 Å². The van der Waals surface area contributed by atoms with Gasteiger partial charge in [-0.05, 0) is 61.9 Å². The van der Waals surface area contributed by atoms with Crippen LogP contribution in [0, 0.1) is 0 Å². The number of ether oxygens (including phenoxy) is 1. The number of hydrogen-bond acceptors (Lipinski definition) is 5. The van der Waals surface area contributed by atoms with E-state index in [1.54, 1.807) is 23.2 Å². The molecule has 1 aromatic heterocycles. The molecule has 2 amide bonds. The Bertz CT molecular complexity index is 1180. The molecule has 0 saturated heterocycles. The maximum absolute atomic E-state index is 13.4. The Hall–Kier alpha value is -3.19. The van der Waals surface area contributed by atoms with E-state index in [1.165, 1.54) is 0 Å². The first-order valence-corrected chi connectivity index (χ1v) is 12.8. The van der Waals surface area contributed by atoms with E-state index in [4.69, 9.17) is 9.72 Å². The summed E-state index contributed by atoms with van der Waals surface area (Å²) in [6.45, 7) is 7.95. The summed E-state index contributed by atoms with van der Waals surface area (Å²) in [4.78, 5) is 32.6. The monoisotopic (exact) mass is 477 g/mol. The molecule has 0 saturated carbocycles. The number of anilines is 2. The molecule has 0 fully saturated rings. The van der Waals surface area contributed by atoms with Crippen molar-refractivity contribution >= 4 is 34.5 Å². The molecule has 2 heterocycles. The van der Waals surface area contributed by atoms with Gasteiger partial charge in [-0.15, -0.1) is 11.3 Å². The highest BCUT2D eigenvalue weighted by Crippen LogP contribution is 2.37. The second-order valence-electron chi connectivity index (χ2n) is 8.43. The quantitative estimate of drug-likeness (QED) is 0.456. The minimum Gasteiger partial charge on any atom is -0.482 e. The zero-order valence-corrected chi connectivity index (χ0v) is 21.0. The van der Waals surface area contributed by atoms with Crippen molar-refractivity contribution in [3.05, 3.63) is 57.9 Å². The summed E-state index contributed by atoms with van der Waals surface area (Å²) < 4.78 is 5.68. The molecule has 1 atom stereocenters. The van der Waals surface area contributed by atoms with Crippen LogP contribution in [0.4, 0.5) is 11.4 Å². The largest absolute Gasteiger partial charge is 0.482 e. The minimum atomic E-state index is -0.703. The van der Waals surface area contributed by atoms with E-state index >= 15 is 0 Å². The number of para-hydroxylation sites is 1. The highest BCUT2D eigenvalue weighted by atomic mass is 32.1. The molecule has 7 heteroatoms. The molecule has 4 rings (SSSR count). The van der Waals surface area contributed by atoms with Crippen LogP contribution in [0.2, 0.25) is 0 Å². The van der Waals surface area contributed by atoms with E-state index in [1.807, 2.05) is 41.8 Å². The molecule has 3 aromatic rings. The van der Waals surface area contributed by atoms with E-state index in [-0.39, 0.29) is 18.4 Å². The van der Waals surface area contributed by atoms with E-state index in [9.17, 15) is 9.59 Å². The van der Waals surface area contributed by atoms with Gasteiger partial charge in [-0.2, -0.15) is 0 Å². The standard InChI is InChI=1S/C27H31N3O3S/c1-5-9-24-28-21(16-34-24)20-12-13-23-22(14-20)30(25(31)15-33-23)17(4)27(32)29-26-18(6-2)10-8-11-19(26)7-3/h8,10-14,16-17H,5-7,9,15H2,1-4H3,(H,29,32). The third kappa shape index (κ3) is 4.71. The average Bonchev–Trinajstić information content (AvgIpc) is 3.32. The predicted octanol–water partition coefficient (Wildman–Crippen LogP) is 5.64. The van der Waals surface area contributed by atoms with Crippen LogP contribution in [-0.2, 0) is 28.9 Å². The minimum absolute atomic E-state index is 0.0902. The van der Waals surface area contributed by atoms with Gasteiger partial charge in [-0.25, -0.2) is 4.98 Å². The Morgan fingerprint density at radius 3 is 2.59 bits per heavy atom. The van der Waals surface area contributed by atoms with Gasteiger partial charge < -0.3 is 10.1 Å². The lowest BCUT2D eigenvalue weighted by atomic mass is 10.0. The van der Waals surface area contributed by atoms with Crippen molar-refractivity contribution in [2.75, 3.05) is 16.8 Å². The molecule has 1 unspecified atom stereocenters. The van der Waals surface area contributed by atoms with Crippen LogP contribution in [0.25, 0.3) is 11.3 Å². The van der Waals surface area contributed by atoms with Gasteiger partial charge in [0.05, 0.1) is 16.4 Å². The summed E-state index contributed by atoms with van der Waals surface area (Å²) in [6, 6.07) is 11.1. The number of amides is 2. The van der Waals surface area contributed by atoms with Crippen molar-refractivity contribution in [3.8, 4) is 17.0 Å².